The standard InChI is InChI=1S/C17H24N6/c1-3-10-23(11-4-2)17(19)22-16(18)21-15-7-5-6-13-12-20-9-8-14(13)15/h5-9,12H,3-4,10-11H2,1-2H3,(H4,18,19,21,22). The lowest BCUT2D eigenvalue weighted by Crippen LogP contribution is -2.39. The summed E-state index contributed by atoms with van der Waals surface area (Å²) in [6.07, 6.45) is 5.54. The summed E-state index contributed by atoms with van der Waals surface area (Å²) in [6, 6.07) is 7.72. The molecule has 0 saturated heterocycles. The third-order valence-corrected chi connectivity index (χ3v) is 3.43. The number of hydrogen-bond donors (Lipinski definition) is 2. The van der Waals surface area contributed by atoms with Gasteiger partial charge in [0.1, 0.15) is 0 Å². The van der Waals surface area contributed by atoms with Crippen molar-refractivity contribution in [3.8, 4) is 0 Å². The van der Waals surface area contributed by atoms with E-state index in [0.717, 1.165) is 42.4 Å². The second-order valence-electron chi connectivity index (χ2n) is 5.30. The lowest BCUT2D eigenvalue weighted by molar-refractivity contribution is 0.413. The second kappa shape index (κ2) is 8.12. The topological polar surface area (TPSA) is 92.9 Å². The van der Waals surface area contributed by atoms with Gasteiger partial charge in [0.05, 0.1) is 5.69 Å². The zero-order chi connectivity index (χ0) is 16.7. The lowest BCUT2D eigenvalue weighted by Gasteiger charge is -2.21. The molecule has 0 aliphatic carbocycles. The lowest BCUT2D eigenvalue weighted by atomic mass is 10.1. The van der Waals surface area contributed by atoms with Crippen LogP contribution >= 0.6 is 0 Å². The van der Waals surface area contributed by atoms with Gasteiger partial charge in [-0.15, -0.1) is 0 Å². The molecule has 0 radical (unpaired) electrons. The minimum atomic E-state index is 0.156. The van der Waals surface area contributed by atoms with Crippen LogP contribution in [0.25, 0.3) is 10.8 Å². The number of rotatable bonds is 5. The fourth-order valence-electron chi connectivity index (χ4n) is 2.42. The molecule has 0 aliphatic heterocycles. The van der Waals surface area contributed by atoms with Crippen molar-refractivity contribution in [3.63, 3.8) is 0 Å². The number of pyridine rings is 1. The highest BCUT2D eigenvalue weighted by Gasteiger charge is 2.06. The average Bonchev–Trinajstić information content (AvgIpc) is 2.55. The van der Waals surface area contributed by atoms with Crippen LogP contribution < -0.4 is 11.5 Å². The van der Waals surface area contributed by atoms with Gasteiger partial charge in [0.25, 0.3) is 0 Å². The van der Waals surface area contributed by atoms with Crippen LogP contribution in [0.3, 0.4) is 0 Å². The number of benzene rings is 1. The Kier molecular flexibility index (Phi) is 5.91. The molecule has 0 aliphatic rings. The first kappa shape index (κ1) is 16.7. The molecule has 0 fully saturated rings. The fourth-order valence-corrected chi connectivity index (χ4v) is 2.42. The van der Waals surface area contributed by atoms with Crippen LogP contribution in [0.1, 0.15) is 26.7 Å². The van der Waals surface area contributed by atoms with Crippen LogP contribution in [0.15, 0.2) is 46.6 Å². The van der Waals surface area contributed by atoms with Gasteiger partial charge in [-0.3, -0.25) is 4.98 Å². The van der Waals surface area contributed by atoms with Crippen molar-refractivity contribution in [1.82, 2.24) is 9.88 Å². The molecular formula is C17H24N6. The Balaban J connectivity index is 2.28. The number of aliphatic imine (C=N–C) groups is 2. The first-order valence-electron chi connectivity index (χ1n) is 7.91. The summed E-state index contributed by atoms with van der Waals surface area (Å²) in [5, 5.41) is 2.00. The van der Waals surface area contributed by atoms with Gasteiger partial charge in [0.2, 0.25) is 5.96 Å². The van der Waals surface area contributed by atoms with E-state index in [9.17, 15) is 0 Å². The molecule has 1 aromatic heterocycles. The summed E-state index contributed by atoms with van der Waals surface area (Å²) < 4.78 is 0. The molecule has 0 spiro atoms. The molecule has 4 N–H and O–H groups in total. The Hall–Kier alpha value is -2.63. The minimum Gasteiger partial charge on any atom is -0.369 e. The van der Waals surface area contributed by atoms with E-state index in [1.54, 1.807) is 12.4 Å². The van der Waals surface area contributed by atoms with Gasteiger partial charge >= 0.3 is 0 Å². The first-order valence-corrected chi connectivity index (χ1v) is 7.91. The highest BCUT2D eigenvalue weighted by molar-refractivity contribution is 5.98. The summed E-state index contributed by atoms with van der Waals surface area (Å²) in [4.78, 5) is 14.8. The molecule has 6 nitrogen and oxygen atoms in total. The van der Waals surface area contributed by atoms with Gasteiger partial charge in [-0.25, -0.2) is 4.99 Å². The van der Waals surface area contributed by atoms with Gasteiger partial charge in [-0.05, 0) is 25.0 Å². The first-order chi connectivity index (χ1) is 11.2. The molecule has 0 unspecified atom stereocenters. The number of hydrogen-bond acceptors (Lipinski definition) is 2. The molecule has 1 heterocycles. The highest BCUT2D eigenvalue weighted by atomic mass is 15.3. The molecular weight excluding hydrogens is 288 g/mol. The highest BCUT2D eigenvalue weighted by Crippen LogP contribution is 2.24. The SMILES string of the molecule is CCCN(CCC)C(N)=NC(N)=Nc1cccc2cnccc12. The van der Waals surface area contributed by atoms with Crippen LogP contribution in [0.5, 0.6) is 0 Å². The maximum absolute atomic E-state index is 6.06. The molecule has 0 saturated carbocycles. The molecule has 0 bridgehead atoms. The summed E-state index contributed by atoms with van der Waals surface area (Å²) >= 11 is 0. The molecule has 0 amide bonds. The predicted octanol–water partition coefficient (Wildman–Crippen LogP) is 2.62. The monoisotopic (exact) mass is 312 g/mol. The van der Waals surface area contributed by atoms with Gasteiger partial charge in [0.15, 0.2) is 5.96 Å². The maximum Gasteiger partial charge on any atom is 0.223 e. The van der Waals surface area contributed by atoms with Crippen molar-refractivity contribution in [2.75, 3.05) is 13.1 Å². The largest absolute Gasteiger partial charge is 0.369 e. The zero-order valence-electron chi connectivity index (χ0n) is 13.7. The number of nitrogens with zero attached hydrogens (tertiary/aromatic N) is 4. The number of aromatic nitrogens is 1. The molecule has 122 valence electrons. The van der Waals surface area contributed by atoms with E-state index in [2.05, 4.69) is 28.8 Å². The van der Waals surface area contributed by atoms with E-state index in [1.807, 2.05) is 29.2 Å². The summed E-state index contributed by atoms with van der Waals surface area (Å²) in [6.45, 7) is 5.93. The predicted molar refractivity (Wildman–Crippen MR) is 96.8 cm³/mol. The fraction of sp³-hybridized carbons (Fsp3) is 0.353. The third-order valence-electron chi connectivity index (χ3n) is 3.43. The molecule has 6 heteroatoms. The van der Waals surface area contributed by atoms with Crippen LogP contribution in [0, 0.1) is 0 Å². The smallest absolute Gasteiger partial charge is 0.223 e. The number of guanidine groups is 2. The zero-order valence-corrected chi connectivity index (χ0v) is 13.7. The Bertz CT molecular complexity index is 696. The Morgan fingerprint density at radius 3 is 2.57 bits per heavy atom. The normalized spacial score (nSPS) is 12.6. The van der Waals surface area contributed by atoms with Crippen LogP contribution in [-0.2, 0) is 0 Å². The third kappa shape index (κ3) is 4.42. The van der Waals surface area contributed by atoms with E-state index in [4.69, 9.17) is 11.5 Å². The summed E-state index contributed by atoms with van der Waals surface area (Å²) in [5.41, 5.74) is 12.8. The summed E-state index contributed by atoms with van der Waals surface area (Å²) in [5.74, 6) is 0.570. The van der Waals surface area contributed by atoms with Gasteiger partial charge in [0, 0.05) is 36.3 Å². The molecule has 1 aromatic carbocycles. The van der Waals surface area contributed by atoms with E-state index < -0.39 is 0 Å². The van der Waals surface area contributed by atoms with E-state index in [1.165, 1.54) is 0 Å². The van der Waals surface area contributed by atoms with E-state index in [0.29, 0.717) is 5.96 Å². The van der Waals surface area contributed by atoms with Crippen LogP contribution in [0.4, 0.5) is 5.69 Å². The van der Waals surface area contributed by atoms with Crippen molar-refractivity contribution in [1.29, 1.82) is 0 Å². The van der Waals surface area contributed by atoms with Crippen molar-refractivity contribution in [2.45, 2.75) is 26.7 Å². The molecule has 2 rings (SSSR count). The molecule has 0 atom stereocenters. The van der Waals surface area contributed by atoms with Gasteiger partial charge < -0.3 is 16.4 Å². The Morgan fingerprint density at radius 1 is 1.13 bits per heavy atom. The summed E-state index contributed by atoms with van der Waals surface area (Å²) in [7, 11) is 0. The van der Waals surface area contributed by atoms with Gasteiger partial charge in [-0.2, -0.15) is 4.99 Å². The Morgan fingerprint density at radius 2 is 1.87 bits per heavy atom. The molecule has 23 heavy (non-hydrogen) atoms. The average molecular weight is 312 g/mol. The van der Waals surface area contributed by atoms with E-state index >= 15 is 0 Å². The van der Waals surface area contributed by atoms with Crippen molar-refractivity contribution >= 4 is 28.4 Å². The van der Waals surface area contributed by atoms with Crippen molar-refractivity contribution in [3.05, 3.63) is 36.7 Å². The minimum absolute atomic E-state index is 0.156. The van der Waals surface area contributed by atoms with E-state index in [-0.39, 0.29) is 5.96 Å². The quantitative estimate of drug-likeness (QED) is 0.655. The Labute approximate surface area is 136 Å². The van der Waals surface area contributed by atoms with Crippen molar-refractivity contribution < 1.29 is 0 Å². The number of fused-ring (bicyclic) bond motifs is 1. The second-order valence-corrected chi connectivity index (χ2v) is 5.30. The van der Waals surface area contributed by atoms with Gasteiger partial charge in [-0.1, -0.05) is 26.0 Å². The maximum atomic E-state index is 6.06. The molecule has 2 aromatic rings. The van der Waals surface area contributed by atoms with Crippen LogP contribution in [-0.4, -0.2) is 34.9 Å². The number of nitrogens with two attached hydrogens (primary N) is 2. The van der Waals surface area contributed by atoms with Crippen molar-refractivity contribution in [2.24, 2.45) is 21.5 Å². The van der Waals surface area contributed by atoms with Crippen LogP contribution in [0.2, 0.25) is 0 Å².